The van der Waals surface area contributed by atoms with Crippen LogP contribution in [0.5, 0.6) is 0 Å². The van der Waals surface area contributed by atoms with E-state index < -0.39 is 30.1 Å². The first-order valence-electron chi connectivity index (χ1n) is 11.1. The van der Waals surface area contributed by atoms with Gasteiger partial charge in [-0.05, 0) is 25.1 Å². The lowest BCUT2D eigenvalue weighted by Crippen LogP contribution is -2.20. The third-order valence-corrected chi connectivity index (χ3v) is 6.42. The Balaban J connectivity index is 1.37. The SMILES string of the molecule is CCn1c(Cn2nc(C(F)F)cc2C(F)F)nnc1SCC(=O)N/N=C\c1cn[nH]c1-c1ccc(Cl)cc1. The molecule has 1 amide bonds. The predicted molar refractivity (Wildman–Crippen MR) is 132 cm³/mol. The van der Waals surface area contributed by atoms with Crippen molar-refractivity contribution in [1.29, 1.82) is 0 Å². The van der Waals surface area contributed by atoms with Gasteiger partial charge in [-0.25, -0.2) is 23.0 Å². The largest absolute Gasteiger partial charge is 0.305 e. The molecule has 0 unspecified atom stereocenters. The summed E-state index contributed by atoms with van der Waals surface area (Å²) < 4.78 is 54.9. The molecular weight excluding hydrogens is 550 g/mol. The van der Waals surface area contributed by atoms with Crippen LogP contribution in [-0.4, -0.2) is 52.6 Å². The number of nitrogens with one attached hydrogen (secondary N) is 2. The summed E-state index contributed by atoms with van der Waals surface area (Å²) >= 11 is 6.98. The summed E-state index contributed by atoms with van der Waals surface area (Å²) in [5.74, 6) is -0.262. The fraction of sp³-hybridized carbons (Fsp3) is 0.273. The number of amides is 1. The number of aromatic amines is 1. The fourth-order valence-electron chi connectivity index (χ4n) is 3.43. The van der Waals surface area contributed by atoms with E-state index in [9.17, 15) is 22.4 Å². The number of benzene rings is 1. The van der Waals surface area contributed by atoms with Crippen molar-refractivity contribution in [3.63, 3.8) is 0 Å². The molecule has 0 saturated heterocycles. The van der Waals surface area contributed by atoms with Gasteiger partial charge in [-0.3, -0.25) is 14.6 Å². The van der Waals surface area contributed by atoms with Crippen LogP contribution in [0.1, 0.15) is 42.6 Å². The molecule has 4 aromatic rings. The van der Waals surface area contributed by atoms with Crippen LogP contribution in [-0.2, 0) is 17.9 Å². The van der Waals surface area contributed by atoms with Crippen molar-refractivity contribution in [3.05, 3.63) is 64.3 Å². The van der Waals surface area contributed by atoms with Gasteiger partial charge in [-0.2, -0.15) is 15.3 Å². The van der Waals surface area contributed by atoms with Gasteiger partial charge in [0.1, 0.15) is 17.9 Å². The van der Waals surface area contributed by atoms with Gasteiger partial charge in [0.25, 0.3) is 18.8 Å². The van der Waals surface area contributed by atoms with Crippen LogP contribution >= 0.6 is 23.4 Å². The number of carbonyl (C=O) groups is 1. The van der Waals surface area contributed by atoms with E-state index in [0.717, 1.165) is 22.0 Å². The minimum Gasteiger partial charge on any atom is -0.305 e. The number of nitrogens with zero attached hydrogens (tertiary/aromatic N) is 7. The quantitative estimate of drug-likeness (QED) is 0.117. The number of hydrazone groups is 1. The van der Waals surface area contributed by atoms with E-state index in [1.165, 1.54) is 6.21 Å². The molecule has 0 aliphatic heterocycles. The lowest BCUT2D eigenvalue weighted by Gasteiger charge is -2.09. The van der Waals surface area contributed by atoms with E-state index >= 15 is 0 Å². The fourth-order valence-corrected chi connectivity index (χ4v) is 4.37. The Morgan fingerprint density at radius 1 is 1.21 bits per heavy atom. The van der Waals surface area contributed by atoms with Crippen LogP contribution in [0.15, 0.2) is 46.8 Å². The number of thioether (sulfide) groups is 1. The topological polar surface area (TPSA) is 119 Å². The first-order valence-corrected chi connectivity index (χ1v) is 12.4. The van der Waals surface area contributed by atoms with E-state index in [-0.39, 0.29) is 18.1 Å². The van der Waals surface area contributed by atoms with Crippen molar-refractivity contribution in [1.82, 2.24) is 40.2 Å². The predicted octanol–water partition coefficient (Wildman–Crippen LogP) is 4.70. The lowest BCUT2D eigenvalue weighted by molar-refractivity contribution is -0.118. The molecule has 0 aliphatic carbocycles. The molecule has 0 aliphatic rings. The summed E-state index contributed by atoms with van der Waals surface area (Å²) in [5.41, 5.74) is 3.21. The standard InChI is InChI=1S/C22H20ClF4N9OS/c1-2-35-17(10-36-16(21(26)27)7-15(34-36)20(24)25)30-33-22(35)38-11-18(37)31-28-8-13-9-29-32-19(13)12-3-5-14(23)6-4-12/h3-9,20-21H,2,10-11H2,1H3,(H,29,32)(H,31,37)/b28-8-. The van der Waals surface area contributed by atoms with Crippen LogP contribution < -0.4 is 5.43 Å². The number of aromatic nitrogens is 7. The van der Waals surface area contributed by atoms with Crippen molar-refractivity contribution in [2.45, 2.75) is 38.0 Å². The maximum atomic E-state index is 13.3. The highest BCUT2D eigenvalue weighted by atomic mass is 35.5. The molecule has 0 saturated carbocycles. The monoisotopic (exact) mass is 569 g/mol. The number of hydrogen-bond donors (Lipinski definition) is 2. The van der Waals surface area contributed by atoms with Gasteiger partial charge >= 0.3 is 0 Å². The van der Waals surface area contributed by atoms with Gasteiger partial charge in [0, 0.05) is 22.7 Å². The summed E-state index contributed by atoms with van der Waals surface area (Å²) in [6.07, 6.45) is -2.97. The average Bonchev–Trinajstić information content (AvgIpc) is 3.62. The molecule has 16 heteroatoms. The number of rotatable bonds is 11. The molecule has 0 fully saturated rings. The molecule has 1 aromatic carbocycles. The molecule has 10 nitrogen and oxygen atoms in total. The minimum atomic E-state index is -2.99. The zero-order chi connectivity index (χ0) is 27.2. The maximum absolute atomic E-state index is 13.3. The van der Waals surface area contributed by atoms with Gasteiger partial charge in [-0.1, -0.05) is 35.5 Å². The molecule has 0 atom stereocenters. The third kappa shape index (κ3) is 6.39. The molecule has 0 bridgehead atoms. The summed E-state index contributed by atoms with van der Waals surface area (Å²) in [6.45, 7) is 1.84. The van der Waals surface area contributed by atoms with Crippen LogP contribution in [0.4, 0.5) is 17.6 Å². The second-order valence-electron chi connectivity index (χ2n) is 7.69. The molecule has 0 radical (unpaired) electrons. The van der Waals surface area contributed by atoms with Crippen molar-refractivity contribution in [3.8, 4) is 11.3 Å². The van der Waals surface area contributed by atoms with Gasteiger partial charge in [0.15, 0.2) is 11.0 Å². The Morgan fingerprint density at radius 3 is 2.66 bits per heavy atom. The van der Waals surface area contributed by atoms with E-state index in [0.29, 0.717) is 34.0 Å². The van der Waals surface area contributed by atoms with Gasteiger partial charge in [-0.15, -0.1) is 10.2 Å². The van der Waals surface area contributed by atoms with Crippen molar-refractivity contribution in [2.75, 3.05) is 5.75 Å². The number of H-pyrrole nitrogens is 1. The Bertz CT molecular complexity index is 1420. The van der Waals surface area contributed by atoms with Crippen molar-refractivity contribution >= 4 is 35.5 Å². The van der Waals surface area contributed by atoms with Gasteiger partial charge < -0.3 is 4.57 Å². The van der Waals surface area contributed by atoms with E-state index in [1.54, 1.807) is 29.8 Å². The van der Waals surface area contributed by atoms with E-state index in [2.05, 4.69) is 36.0 Å². The zero-order valence-corrected chi connectivity index (χ0v) is 21.2. The highest BCUT2D eigenvalue weighted by molar-refractivity contribution is 7.99. The van der Waals surface area contributed by atoms with Crippen LogP contribution in [0, 0.1) is 0 Å². The average molecular weight is 570 g/mol. The van der Waals surface area contributed by atoms with Crippen molar-refractivity contribution in [2.24, 2.45) is 5.10 Å². The summed E-state index contributed by atoms with van der Waals surface area (Å²) in [5, 5.41) is 23.3. The molecule has 38 heavy (non-hydrogen) atoms. The number of carbonyl (C=O) groups excluding carboxylic acids is 1. The summed E-state index contributed by atoms with van der Waals surface area (Å²) in [7, 11) is 0. The van der Waals surface area contributed by atoms with Gasteiger partial charge in [0.2, 0.25) is 0 Å². The second-order valence-corrected chi connectivity index (χ2v) is 9.06. The maximum Gasteiger partial charge on any atom is 0.282 e. The zero-order valence-electron chi connectivity index (χ0n) is 19.7. The number of halogens is 5. The van der Waals surface area contributed by atoms with Gasteiger partial charge in [0.05, 0.1) is 23.9 Å². The Labute approximate surface area is 222 Å². The van der Waals surface area contributed by atoms with Crippen LogP contribution in [0.2, 0.25) is 5.02 Å². The molecular formula is C22H20ClF4N9OS. The Morgan fingerprint density at radius 2 is 1.97 bits per heavy atom. The molecule has 3 heterocycles. The van der Waals surface area contributed by atoms with Crippen molar-refractivity contribution < 1.29 is 22.4 Å². The lowest BCUT2D eigenvalue weighted by atomic mass is 10.1. The first-order chi connectivity index (χ1) is 18.3. The summed E-state index contributed by atoms with van der Waals surface area (Å²) in [4.78, 5) is 12.3. The normalized spacial score (nSPS) is 11.8. The molecule has 3 aromatic heterocycles. The first kappa shape index (κ1) is 27.3. The highest BCUT2D eigenvalue weighted by Gasteiger charge is 2.23. The van der Waals surface area contributed by atoms with E-state index in [1.807, 2.05) is 12.1 Å². The van der Waals surface area contributed by atoms with Crippen LogP contribution in [0.3, 0.4) is 0 Å². The molecule has 0 spiro atoms. The molecule has 2 N–H and O–H groups in total. The Hall–Kier alpha value is -3.72. The number of hydrogen-bond acceptors (Lipinski definition) is 7. The highest BCUT2D eigenvalue weighted by Crippen LogP contribution is 2.26. The van der Waals surface area contributed by atoms with E-state index in [4.69, 9.17) is 11.6 Å². The smallest absolute Gasteiger partial charge is 0.282 e. The molecule has 200 valence electrons. The Kier molecular flexibility index (Phi) is 8.78. The minimum absolute atomic E-state index is 0.0650. The summed E-state index contributed by atoms with van der Waals surface area (Å²) in [6, 6.07) is 7.79. The third-order valence-electron chi connectivity index (χ3n) is 5.20. The second kappa shape index (κ2) is 12.2. The number of alkyl halides is 4. The van der Waals surface area contributed by atoms with Crippen LogP contribution in [0.25, 0.3) is 11.3 Å². The molecule has 4 rings (SSSR count).